The molecule has 2 aromatic heterocycles. The fourth-order valence-electron chi connectivity index (χ4n) is 1.87. The first-order valence-corrected chi connectivity index (χ1v) is 6.70. The zero-order valence-corrected chi connectivity index (χ0v) is 10.7. The fraction of sp³-hybridized carbons (Fsp3) is 0.364. The minimum Gasteiger partial charge on any atom is -0.338 e. The van der Waals surface area contributed by atoms with Gasteiger partial charge in [-0.05, 0) is 12.1 Å². The fourth-order valence-corrected chi connectivity index (χ4v) is 2.86. The molecular weight excluding hydrogens is 258 g/mol. The second-order valence-electron chi connectivity index (χ2n) is 3.89. The van der Waals surface area contributed by atoms with E-state index in [0.29, 0.717) is 0 Å². The number of nitrogens with one attached hydrogen (secondary N) is 1. The van der Waals surface area contributed by atoms with Gasteiger partial charge in [-0.1, -0.05) is 16.8 Å². The Morgan fingerprint density at radius 2 is 2.18 bits per heavy atom. The van der Waals surface area contributed by atoms with E-state index in [1.807, 2.05) is 18.2 Å². The van der Waals surface area contributed by atoms with Crippen LogP contribution < -0.4 is 10.2 Å². The molecule has 0 radical (unpaired) electrons. The van der Waals surface area contributed by atoms with Gasteiger partial charge in [0.25, 0.3) is 0 Å². The maximum atomic E-state index is 5.91. The molecule has 0 unspecified atom stereocenters. The van der Waals surface area contributed by atoms with E-state index in [-0.39, 0.29) is 0 Å². The Hall–Kier alpha value is -1.04. The van der Waals surface area contributed by atoms with Crippen molar-refractivity contribution >= 4 is 28.8 Å². The number of halogens is 1. The molecule has 2 aromatic rings. The monoisotopic (exact) mass is 269 g/mol. The molecule has 0 amide bonds. The molecule has 3 heterocycles. The van der Waals surface area contributed by atoms with Crippen molar-refractivity contribution in [1.29, 1.82) is 0 Å². The van der Waals surface area contributed by atoms with Gasteiger partial charge in [-0.2, -0.15) is 0 Å². The van der Waals surface area contributed by atoms with Gasteiger partial charge in [0.15, 0.2) is 0 Å². The topological polar surface area (TPSA) is 41.3 Å². The molecule has 0 saturated carbocycles. The van der Waals surface area contributed by atoms with Crippen LogP contribution in [0.2, 0.25) is 4.34 Å². The van der Waals surface area contributed by atoms with Gasteiger partial charge in [0.1, 0.15) is 5.69 Å². The summed E-state index contributed by atoms with van der Waals surface area (Å²) in [6.07, 6.45) is 0. The van der Waals surface area contributed by atoms with Gasteiger partial charge in [-0.3, -0.25) is 0 Å². The number of rotatable bonds is 2. The smallest absolute Gasteiger partial charge is 0.227 e. The van der Waals surface area contributed by atoms with Crippen LogP contribution in [0, 0.1) is 0 Å². The van der Waals surface area contributed by atoms with E-state index in [9.17, 15) is 0 Å². The van der Waals surface area contributed by atoms with Crippen molar-refractivity contribution in [3.05, 3.63) is 22.5 Å². The van der Waals surface area contributed by atoms with Crippen molar-refractivity contribution in [3.63, 3.8) is 0 Å². The molecule has 0 atom stereocenters. The summed E-state index contributed by atoms with van der Waals surface area (Å²) in [5.74, 6) is 0.839. The standard InChI is InChI=1S/C11H12ClN3OS/c12-10-2-1-9(17-10)8-7-11(16-14-8)15-5-3-13-4-6-15/h1-2,7,13H,3-6H2. The molecule has 0 bridgehead atoms. The number of anilines is 1. The molecule has 3 rings (SSSR count). The minimum atomic E-state index is 0.770. The normalized spacial score (nSPS) is 16.4. The maximum Gasteiger partial charge on any atom is 0.227 e. The van der Waals surface area contributed by atoms with E-state index in [4.69, 9.17) is 16.1 Å². The van der Waals surface area contributed by atoms with Crippen molar-refractivity contribution < 1.29 is 4.52 Å². The highest BCUT2D eigenvalue weighted by Gasteiger charge is 2.16. The van der Waals surface area contributed by atoms with Gasteiger partial charge >= 0.3 is 0 Å². The highest BCUT2D eigenvalue weighted by Crippen LogP contribution is 2.32. The largest absolute Gasteiger partial charge is 0.338 e. The van der Waals surface area contributed by atoms with E-state index in [2.05, 4.69) is 15.4 Å². The molecule has 4 nitrogen and oxygen atoms in total. The number of thiophene rings is 1. The average Bonchev–Trinajstić information content (AvgIpc) is 2.98. The number of hydrogen-bond acceptors (Lipinski definition) is 5. The zero-order chi connectivity index (χ0) is 11.7. The molecule has 0 aliphatic carbocycles. The van der Waals surface area contributed by atoms with Crippen molar-refractivity contribution in [2.75, 3.05) is 31.1 Å². The third kappa shape index (κ3) is 2.31. The highest BCUT2D eigenvalue weighted by atomic mass is 35.5. The average molecular weight is 270 g/mol. The lowest BCUT2D eigenvalue weighted by atomic mass is 10.3. The predicted molar refractivity (Wildman–Crippen MR) is 69.9 cm³/mol. The first-order valence-electron chi connectivity index (χ1n) is 5.51. The summed E-state index contributed by atoms with van der Waals surface area (Å²) in [7, 11) is 0. The first kappa shape index (κ1) is 11.1. The van der Waals surface area contributed by atoms with Crippen LogP contribution in [0.1, 0.15) is 0 Å². The number of nitrogens with zero attached hydrogens (tertiary/aromatic N) is 2. The van der Waals surface area contributed by atoms with Crippen molar-refractivity contribution in [1.82, 2.24) is 10.5 Å². The molecule has 0 spiro atoms. The van der Waals surface area contributed by atoms with Gasteiger partial charge in [-0.25, -0.2) is 0 Å². The summed E-state index contributed by atoms with van der Waals surface area (Å²) >= 11 is 7.42. The number of piperazine rings is 1. The third-order valence-corrected chi connectivity index (χ3v) is 4.01. The van der Waals surface area contributed by atoms with Crippen molar-refractivity contribution in [3.8, 4) is 10.6 Å². The molecular formula is C11H12ClN3OS. The molecule has 17 heavy (non-hydrogen) atoms. The SMILES string of the molecule is Clc1ccc(-c2cc(N3CCNCC3)on2)s1. The molecule has 6 heteroatoms. The second-order valence-corrected chi connectivity index (χ2v) is 5.61. The van der Waals surface area contributed by atoms with Gasteiger partial charge < -0.3 is 14.7 Å². The molecule has 1 saturated heterocycles. The molecule has 1 N–H and O–H groups in total. The summed E-state index contributed by atoms with van der Waals surface area (Å²) < 4.78 is 6.15. The lowest BCUT2D eigenvalue weighted by Crippen LogP contribution is -2.43. The Morgan fingerprint density at radius 3 is 2.88 bits per heavy atom. The highest BCUT2D eigenvalue weighted by molar-refractivity contribution is 7.19. The van der Waals surface area contributed by atoms with Crippen LogP contribution in [0.15, 0.2) is 22.7 Å². The van der Waals surface area contributed by atoms with E-state index < -0.39 is 0 Å². The lowest BCUT2D eigenvalue weighted by molar-refractivity contribution is 0.409. The van der Waals surface area contributed by atoms with Crippen LogP contribution in [-0.2, 0) is 0 Å². The van der Waals surface area contributed by atoms with Gasteiger partial charge in [-0.15, -0.1) is 11.3 Å². The predicted octanol–water partition coefficient (Wildman–Crippen LogP) is 2.47. The van der Waals surface area contributed by atoms with Crippen LogP contribution in [0.5, 0.6) is 0 Å². The van der Waals surface area contributed by atoms with Gasteiger partial charge in [0, 0.05) is 32.2 Å². The van der Waals surface area contributed by atoms with Crippen LogP contribution >= 0.6 is 22.9 Å². The molecule has 0 aromatic carbocycles. The van der Waals surface area contributed by atoms with Crippen LogP contribution in [0.4, 0.5) is 5.88 Å². The molecule has 90 valence electrons. The van der Waals surface area contributed by atoms with Crippen LogP contribution in [0.3, 0.4) is 0 Å². The number of aromatic nitrogens is 1. The Bertz CT molecular complexity index is 504. The van der Waals surface area contributed by atoms with Crippen molar-refractivity contribution in [2.24, 2.45) is 0 Å². The molecule has 1 aliphatic rings. The molecule has 1 fully saturated rings. The first-order chi connectivity index (χ1) is 8.33. The Morgan fingerprint density at radius 1 is 1.35 bits per heavy atom. The quantitative estimate of drug-likeness (QED) is 0.909. The van der Waals surface area contributed by atoms with Crippen LogP contribution in [0.25, 0.3) is 10.6 Å². The Kier molecular flexibility index (Phi) is 3.05. The maximum absolute atomic E-state index is 5.91. The molecule has 1 aliphatic heterocycles. The van der Waals surface area contributed by atoms with E-state index in [1.54, 1.807) is 0 Å². The summed E-state index contributed by atoms with van der Waals surface area (Å²) in [6, 6.07) is 5.82. The third-order valence-electron chi connectivity index (χ3n) is 2.75. The van der Waals surface area contributed by atoms with Crippen LogP contribution in [-0.4, -0.2) is 31.3 Å². The van der Waals surface area contributed by atoms with E-state index in [0.717, 1.165) is 47.0 Å². The van der Waals surface area contributed by atoms with Gasteiger partial charge in [0.2, 0.25) is 5.88 Å². The Balaban J connectivity index is 1.82. The lowest BCUT2D eigenvalue weighted by Gasteiger charge is -2.25. The zero-order valence-electron chi connectivity index (χ0n) is 9.15. The van der Waals surface area contributed by atoms with E-state index in [1.165, 1.54) is 11.3 Å². The summed E-state index contributed by atoms with van der Waals surface area (Å²) in [4.78, 5) is 3.24. The minimum absolute atomic E-state index is 0.770. The summed E-state index contributed by atoms with van der Waals surface area (Å²) in [6.45, 7) is 3.89. The second kappa shape index (κ2) is 4.68. The van der Waals surface area contributed by atoms with E-state index >= 15 is 0 Å². The summed E-state index contributed by atoms with van der Waals surface area (Å²) in [5, 5.41) is 7.40. The van der Waals surface area contributed by atoms with Crippen molar-refractivity contribution in [2.45, 2.75) is 0 Å². The number of hydrogen-bond donors (Lipinski definition) is 1. The van der Waals surface area contributed by atoms with Gasteiger partial charge in [0.05, 0.1) is 9.21 Å². The summed E-state index contributed by atoms with van der Waals surface area (Å²) in [5.41, 5.74) is 0.857. The Labute approximate surface area is 108 Å².